The van der Waals surface area contributed by atoms with E-state index < -0.39 is 0 Å². The van der Waals surface area contributed by atoms with Crippen molar-refractivity contribution in [2.45, 2.75) is 19.8 Å². The molecule has 1 heterocycles. The fourth-order valence-electron chi connectivity index (χ4n) is 1.95. The van der Waals surface area contributed by atoms with E-state index in [0.717, 1.165) is 5.69 Å². The molecule has 0 amide bonds. The molecule has 0 fully saturated rings. The summed E-state index contributed by atoms with van der Waals surface area (Å²) in [5.74, 6) is -0.343. The van der Waals surface area contributed by atoms with Crippen molar-refractivity contribution in [3.05, 3.63) is 51.7 Å². The van der Waals surface area contributed by atoms with Gasteiger partial charge in [-0.15, -0.1) is 0 Å². The minimum Gasteiger partial charge on any atom is -0.396 e. The second-order valence-corrected chi connectivity index (χ2v) is 4.01. The first-order chi connectivity index (χ1) is 8.67. The van der Waals surface area contributed by atoms with Gasteiger partial charge in [-0.3, -0.25) is 9.89 Å². The van der Waals surface area contributed by atoms with Gasteiger partial charge in [0, 0.05) is 24.3 Å². The van der Waals surface area contributed by atoms with Crippen LogP contribution in [0.5, 0.6) is 0 Å². The second-order valence-electron chi connectivity index (χ2n) is 4.01. The van der Waals surface area contributed by atoms with Crippen LogP contribution in [0.1, 0.15) is 18.2 Å². The molecule has 0 aliphatic carbocycles. The second kappa shape index (κ2) is 5.18. The maximum atomic E-state index is 12.8. The molecule has 1 aromatic carbocycles. The molecule has 0 atom stereocenters. The van der Waals surface area contributed by atoms with E-state index in [1.165, 1.54) is 28.9 Å². The zero-order valence-corrected chi connectivity index (χ0v) is 10.1. The number of aliphatic hydroxyl groups excluding tert-OH is 1. The lowest BCUT2D eigenvalue weighted by molar-refractivity contribution is 0.299. The SMILES string of the molecule is CCc1[nH]n(-c2ccc(F)cc2)c(=O)c1CCO. The highest BCUT2D eigenvalue weighted by Crippen LogP contribution is 2.10. The van der Waals surface area contributed by atoms with Gasteiger partial charge >= 0.3 is 0 Å². The Balaban J connectivity index is 2.52. The lowest BCUT2D eigenvalue weighted by atomic mass is 10.1. The lowest BCUT2D eigenvalue weighted by Crippen LogP contribution is -2.18. The van der Waals surface area contributed by atoms with E-state index in [9.17, 15) is 9.18 Å². The van der Waals surface area contributed by atoms with Gasteiger partial charge in [0.15, 0.2) is 0 Å². The van der Waals surface area contributed by atoms with Crippen LogP contribution in [0.2, 0.25) is 0 Å². The van der Waals surface area contributed by atoms with Crippen molar-refractivity contribution in [1.29, 1.82) is 0 Å². The van der Waals surface area contributed by atoms with Crippen molar-refractivity contribution in [2.24, 2.45) is 0 Å². The topological polar surface area (TPSA) is 58.0 Å². The molecule has 0 aliphatic heterocycles. The maximum absolute atomic E-state index is 12.8. The quantitative estimate of drug-likeness (QED) is 0.861. The molecule has 2 N–H and O–H groups in total. The molecule has 0 saturated carbocycles. The molecule has 1 aromatic heterocycles. The van der Waals surface area contributed by atoms with Gasteiger partial charge in [-0.2, -0.15) is 0 Å². The van der Waals surface area contributed by atoms with E-state index in [2.05, 4.69) is 5.10 Å². The van der Waals surface area contributed by atoms with E-state index in [1.54, 1.807) is 0 Å². The number of nitrogens with one attached hydrogen (secondary N) is 1. The Labute approximate surface area is 104 Å². The Bertz CT molecular complexity index is 584. The first-order valence-electron chi connectivity index (χ1n) is 5.87. The Kier molecular flexibility index (Phi) is 3.62. The average molecular weight is 250 g/mol. The van der Waals surface area contributed by atoms with Crippen LogP contribution in [0.3, 0.4) is 0 Å². The van der Waals surface area contributed by atoms with Crippen molar-refractivity contribution >= 4 is 0 Å². The highest BCUT2D eigenvalue weighted by Gasteiger charge is 2.13. The van der Waals surface area contributed by atoms with Crippen LogP contribution in [0.25, 0.3) is 5.69 Å². The molecule has 96 valence electrons. The minimum atomic E-state index is -0.343. The first kappa shape index (κ1) is 12.6. The van der Waals surface area contributed by atoms with Gasteiger partial charge in [-0.25, -0.2) is 9.07 Å². The zero-order chi connectivity index (χ0) is 13.1. The van der Waals surface area contributed by atoms with Crippen molar-refractivity contribution in [1.82, 2.24) is 9.78 Å². The number of rotatable bonds is 4. The smallest absolute Gasteiger partial charge is 0.274 e. The van der Waals surface area contributed by atoms with Crippen LogP contribution in [0.4, 0.5) is 4.39 Å². The van der Waals surface area contributed by atoms with Gasteiger partial charge in [0.2, 0.25) is 0 Å². The standard InChI is InChI=1S/C13H15FN2O2/c1-2-12-11(7-8-17)13(18)16(15-12)10-5-3-9(14)4-6-10/h3-6,15,17H,2,7-8H2,1H3. The van der Waals surface area contributed by atoms with Crippen molar-refractivity contribution in [2.75, 3.05) is 6.61 Å². The molecule has 0 radical (unpaired) electrons. The number of halogens is 1. The normalized spacial score (nSPS) is 10.8. The molecule has 4 nitrogen and oxygen atoms in total. The molecule has 0 bridgehead atoms. The Hall–Kier alpha value is -1.88. The number of hydrogen-bond donors (Lipinski definition) is 2. The summed E-state index contributed by atoms with van der Waals surface area (Å²) in [4.78, 5) is 12.2. The van der Waals surface area contributed by atoms with E-state index in [0.29, 0.717) is 24.1 Å². The van der Waals surface area contributed by atoms with E-state index in [-0.39, 0.29) is 18.0 Å². The van der Waals surface area contributed by atoms with Crippen LogP contribution in [-0.4, -0.2) is 21.5 Å². The number of benzene rings is 1. The van der Waals surface area contributed by atoms with Crippen LogP contribution in [-0.2, 0) is 12.8 Å². The molecule has 2 rings (SSSR count). The largest absolute Gasteiger partial charge is 0.396 e. The van der Waals surface area contributed by atoms with Crippen LogP contribution in [0, 0.1) is 5.82 Å². The molecule has 5 heteroatoms. The van der Waals surface area contributed by atoms with E-state index in [1.807, 2.05) is 6.92 Å². The van der Waals surface area contributed by atoms with Gasteiger partial charge in [0.25, 0.3) is 5.56 Å². The lowest BCUT2D eigenvalue weighted by Gasteiger charge is -2.00. The summed E-state index contributed by atoms with van der Waals surface area (Å²) >= 11 is 0. The minimum absolute atomic E-state index is 0.0660. The van der Waals surface area contributed by atoms with Crippen LogP contribution in [0.15, 0.2) is 29.1 Å². The average Bonchev–Trinajstić information content (AvgIpc) is 2.69. The van der Waals surface area contributed by atoms with Crippen LogP contribution >= 0.6 is 0 Å². The Morgan fingerprint density at radius 3 is 2.56 bits per heavy atom. The molecule has 0 aliphatic rings. The van der Waals surface area contributed by atoms with Gasteiger partial charge < -0.3 is 5.11 Å². The Morgan fingerprint density at radius 2 is 2.00 bits per heavy atom. The molecule has 0 spiro atoms. The Morgan fingerprint density at radius 1 is 1.33 bits per heavy atom. The molecule has 0 saturated heterocycles. The molecular weight excluding hydrogens is 235 g/mol. The fourth-order valence-corrected chi connectivity index (χ4v) is 1.95. The number of aliphatic hydroxyl groups is 1. The summed E-state index contributed by atoms with van der Waals surface area (Å²) in [7, 11) is 0. The number of aromatic nitrogens is 2. The van der Waals surface area contributed by atoms with Crippen molar-refractivity contribution in [3.63, 3.8) is 0 Å². The highest BCUT2D eigenvalue weighted by atomic mass is 19.1. The predicted octanol–water partition coefficient (Wildman–Crippen LogP) is 1.40. The number of aryl methyl sites for hydroxylation is 1. The van der Waals surface area contributed by atoms with E-state index >= 15 is 0 Å². The predicted molar refractivity (Wildman–Crippen MR) is 66.5 cm³/mol. The van der Waals surface area contributed by atoms with Gasteiger partial charge in [-0.1, -0.05) is 6.92 Å². The maximum Gasteiger partial charge on any atom is 0.274 e. The van der Waals surface area contributed by atoms with E-state index in [4.69, 9.17) is 5.11 Å². The third kappa shape index (κ3) is 2.22. The summed E-state index contributed by atoms with van der Waals surface area (Å²) in [6, 6.07) is 5.69. The van der Waals surface area contributed by atoms with Crippen molar-refractivity contribution < 1.29 is 9.50 Å². The first-order valence-corrected chi connectivity index (χ1v) is 5.87. The molecule has 2 aromatic rings. The third-order valence-electron chi connectivity index (χ3n) is 2.87. The zero-order valence-electron chi connectivity index (χ0n) is 10.1. The summed E-state index contributed by atoms with van der Waals surface area (Å²) in [5.41, 5.74) is 1.79. The van der Waals surface area contributed by atoms with Gasteiger partial charge in [0.05, 0.1) is 5.69 Å². The number of nitrogens with zero attached hydrogens (tertiary/aromatic N) is 1. The molecular formula is C13H15FN2O2. The molecule has 18 heavy (non-hydrogen) atoms. The number of aromatic amines is 1. The highest BCUT2D eigenvalue weighted by molar-refractivity contribution is 5.33. The summed E-state index contributed by atoms with van der Waals surface area (Å²) in [5, 5.41) is 12.0. The fraction of sp³-hybridized carbons (Fsp3) is 0.308. The summed E-state index contributed by atoms with van der Waals surface area (Å²) < 4.78 is 14.2. The number of hydrogen-bond acceptors (Lipinski definition) is 2. The van der Waals surface area contributed by atoms with Gasteiger partial charge in [0.1, 0.15) is 5.82 Å². The van der Waals surface area contributed by atoms with Gasteiger partial charge in [-0.05, 0) is 30.7 Å². The molecule has 0 unspecified atom stereocenters. The van der Waals surface area contributed by atoms with Crippen molar-refractivity contribution in [3.8, 4) is 5.69 Å². The monoisotopic (exact) mass is 250 g/mol. The van der Waals surface area contributed by atoms with Crippen LogP contribution < -0.4 is 5.56 Å². The third-order valence-corrected chi connectivity index (χ3v) is 2.87. The summed E-state index contributed by atoms with van der Waals surface area (Å²) in [6.07, 6.45) is 1.01. The number of H-pyrrole nitrogens is 1. The summed E-state index contributed by atoms with van der Waals surface area (Å²) in [6.45, 7) is 1.87.